The Kier molecular flexibility index (Phi) is 4.66. The zero-order valence-corrected chi connectivity index (χ0v) is 14.6. The fraction of sp³-hybridized carbons (Fsp3) is 0.500. The van der Waals surface area contributed by atoms with Crippen molar-refractivity contribution in [1.82, 2.24) is 10.4 Å². The molecule has 0 spiro atoms. The lowest BCUT2D eigenvalue weighted by molar-refractivity contribution is -0.194. The summed E-state index contributed by atoms with van der Waals surface area (Å²) >= 11 is 5.85. The number of carboxylic acids is 1. The van der Waals surface area contributed by atoms with Gasteiger partial charge in [-0.3, -0.25) is 5.01 Å². The van der Waals surface area contributed by atoms with Gasteiger partial charge in [0.2, 0.25) is 0 Å². The SMILES string of the molecule is CC1(OCCC2(C(F)(F)F)CC2)C=CN(c2ccc(C(=O)O)c(Cl)n2)N1. The Hall–Kier alpha value is -1.84. The first-order valence-corrected chi connectivity index (χ1v) is 8.30. The van der Waals surface area contributed by atoms with Gasteiger partial charge < -0.3 is 9.84 Å². The number of nitrogens with zero attached hydrogens (tertiary/aromatic N) is 2. The van der Waals surface area contributed by atoms with Crippen LogP contribution in [0.5, 0.6) is 0 Å². The number of aromatic carboxylic acids is 1. The number of carbonyl (C=O) groups is 1. The van der Waals surface area contributed by atoms with E-state index in [1.807, 2.05) is 0 Å². The molecule has 0 bridgehead atoms. The maximum atomic E-state index is 12.9. The molecule has 0 saturated heterocycles. The van der Waals surface area contributed by atoms with Crippen LogP contribution in [0.3, 0.4) is 0 Å². The summed E-state index contributed by atoms with van der Waals surface area (Å²) in [4.78, 5) is 15.0. The first-order valence-electron chi connectivity index (χ1n) is 7.92. The monoisotopic (exact) mass is 391 g/mol. The number of alkyl halides is 3. The number of pyridine rings is 1. The summed E-state index contributed by atoms with van der Waals surface area (Å²) in [6.07, 6.45) is -0.765. The van der Waals surface area contributed by atoms with Crippen LogP contribution in [0.2, 0.25) is 5.15 Å². The van der Waals surface area contributed by atoms with E-state index >= 15 is 0 Å². The predicted molar refractivity (Wildman–Crippen MR) is 87.7 cm³/mol. The van der Waals surface area contributed by atoms with Crippen LogP contribution in [-0.2, 0) is 4.74 Å². The number of hydrogen-bond acceptors (Lipinski definition) is 5. The summed E-state index contributed by atoms with van der Waals surface area (Å²) < 4.78 is 44.5. The van der Waals surface area contributed by atoms with Crippen LogP contribution in [0.1, 0.15) is 36.5 Å². The van der Waals surface area contributed by atoms with Gasteiger partial charge >= 0.3 is 12.1 Å². The molecule has 1 saturated carbocycles. The van der Waals surface area contributed by atoms with Crippen LogP contribution in [0.4, 0.5) is 19.0 Å². The largest absolute Gasteiger partial charge is 0.478 e. The number of halogens is 4. The predicted octanol–water partition coefficient (Wildman–Crippen LogP) is 3.74. The molecule has 0 amide bonds. The van der Waals surface area contributed by atoms with Gasteiger partial charge in [0.25, 0.3) is 0 Å². The molecule has 1 fully saturated rings. The fourth-order valence-corrected chi connectivity index (χ4v) is 2.98. The van der Waals surface area contributed by atoms with Crippen LogP contribution < -0.4 is 10.4 Å². The lowest BCUT2D eigenvalue weighted by atomic mass is 10.0. The van der Waals surface area contributed by atoms with E-state index < -0.39 is 23.3 Å². The van der Waals surface area contributed by atoms with Gasteiger partial charge in [0, 0.05) is 6.20 Å². The fourth-order valence-electron chi connectivity index (χ4n) is 2.75. The van der Waals surface area contributed by atoms with E-state index in [0.29, 0.717) is 5.82 Å². The van der Waals surface area contributed by atoms with Crippen LogP contribution >= 0.6 is 11.6 Å². The maximum absolute atomic E-state index is 12.9. The van der Waals surface area contributed by atoms with E-state index in [2.05, 4.69) is 10.4 Å². The van der Waals surface area contributed by atoms with E-state index in [1.54, 1.807) is 19.2 Å². The molecule has 3 rings (SSSR count). The van der Waals surface area contributed by atoms with Gasteiger partial charge in [0.1, 0.15) is 11.0 Å². The third-order valence-corrected chi connectivity index (χ3v) is 4.92. The molecule has 1 aliphatic heterocycles. The average molecular weight is 392 g/mol. The Morgan fingerprint density at radius 2 is 2.15 bits per heavy atom. The Morgan fingerprint density at radius 1 is 1.46 bits per heavy atom. The third-order valence-electron chi connectivity index (χ3n) is 4.63. The molecule has 10 heteroatoms. The quantitative estimate of drug-likeness (QED) is 0.720. The first kappa shape index (κ1) is 18.9. The molecule has 1 aromatic heterocycles. The molecule has 142 valence electrons. The number of anilines is 1. The summed E-state index contributed by atoms with van der Waals surface area (Å²) in [5, 5.41) is 10.3. The van der Waals surface area contributed by atoms with Crippen molar-refractivity contribution in [2.24, 2.45) is 5.41 Å². The summed E-state index contributed by atoms with van der Waals surface area (Å²) in [5.41, 5.74) is 0.227. The Balaban J connectivity index is 1.59. The smallest absolute Gasteiger partial charge is 0.394 e. The highest BCUT2D eigenvalue weighted by Crippen LogP contribution is 2.59. The van der Waals surface area contributed by atoms with E-state index in [9.17, 15) is 18.0 Å². The number of carboxylic acid groups (broad SMARTS) is 1. The lowest BCUT2D eigenvalue weighted by Crippen LogP contribution is -2.47. The number of aromatic nitrogens is 1. The Labute approximate surface area is 152 Å². The minimum Gasteiger partial charge on any atom is -0.478 e. The first-order chi connectivity index (χ1) is 12.1. The van der Waals surface area contributed by atoms with E-state index in [0.717, 1.165) is 0 Å². The highest BCUT2D eigenvalue weighted by atomic mass is 35.5. The summed E-state index contributed by atoms with van der Waals surface area (Å²) in [6, 6.07) is 2.78. The second kappa shape index (κ2) is 6.40. The van der Waals surface area contributed by atoms with Gasteiger partial charge in [-0.05, 0) is 44.4 Å². The second-order valence-electron chi connectivity index (χ2n) is 6.59. The van der Waals surface area contributed by atoms with Gasteiger partial charge in [-0.15, -0.1) is 0 Å². The molecular formula is C16H17ClF3N3O3. The van der Waals surface area contributed by atoms with Crippen LogP contribution in [0.15, 0.2) is 24.4 Å². The topological polar surface area (TPSA) is 74.7 Å². The second-order valence-corrected chi connectivity index (χ2v) is 6.95. The number of nitrogens with one attached hydrogen (secondary N) is 1. The normalized spacial score (nSPS) is 24.1. The number of rotatable bonds is 6. The molecule has 1 unspecified atom stereocenters. The molecule has 0 aromatic carbocycles. The maximum Gasteiger partial charge on any atom is 0.394 e. The molecule has 2 N–H and O–H groups in total. The molecule has 2 aliphatic rings. The van der Waals surface area contributed by atoms with Crippen molar-refractivity contribution < 1.29 is 27.8 Å². The molecule has 2 heterocycles. The highest BCUT2D eigenvalue weighted by Gasteiger charge is 2.62. The summed E-state index contributed by atoms with van der Waals surface area (Å²) in [7, 11) is 0. The van der Waals surface area contributed by atoms with E-state index in [1.165, 1.54) is 17.1 Å². The Morgan fingerprint density at radius 3 is 2.69 bits per heavy atom. The van der Waals surface area contributed by atoms with Crippen molar-refractivity contribution in [2.45, 2.75) is 38.1 Å². The molecule has 26 heavy (non-hydrogen) atoms. The minimum absolute atomic E-state index is 0.0483. The van der Waals surface area contributed by atoms with Gasteiger partial charge in [-0.1, -0.05) is 11.6 Å². The van der Waals surface area contributed by atoms with Crippen molar-refractivity contribution in [3.8, 4) is 0 Å². The molecule has 1 aromatic rings. The van der Waals surface area contributed by atoms with Crippen molar-refractivity contribution in [3.63, 3.8) is 0 Å². The van der Waals surface area contributed by atoms with Gasteiger partial charge in [0.15, 0.2) is 5.72 Å². The van der Waals surface area contributed by atoms with Gasteiger partial charge in [0.05, 0.1) is 17.6 Å². The Bertz CT molecular complexity index is 752. The molecular weight excluding hydrogens is 375 g/mol. The van der Waals surface area contributed by atoms with Gasteiger partial charge in [-0.25, -0.2) is 9.78 Å². The average Bonchev–Trinajstić information content (AvgIpc) is 3.23. The summed E-state index contributed by atoms with van der Waals surface area (Å²) in [5.74, 6) is -0.858. The molecule has 1 atom stereocenters. The molecule has 0 radical (unpaired) electrons. The number of hydrazine groups is 1. The van der Waals surface area contributed by atoms with Crippen molar-refractivity contribution in [3.05, 3.63) is 35.1 Å². The van der Waals surface area contributed by atoms with Crippen LogP contribution in [-0.4, -0.2) is 34.6 Å². The number of ether oxygens (including phenoxy) is 1. The zero-order chi connectivity index (χ0) is 19.2. The highest BCUT2D eigenvalue weighted by molar-refractivity contribution is 6.32. The van der Waals surface area contributed by atoms with E-state index in [-0.39, 0.29) is 36.6 Å². The lowest BCUT2D eigenvalue weighted by Gasteiger charge is -2.28. The van der Waals surface area contributed by atoms with Gasteiger partial charge in [-0.2, -0.15) is 18.6 Å². The van der Waals surface area contributed by atoms with Crippen LogP contribution in [0.25, 0.3) is 0 Å². The van der Waals surface area contributed by atoms with Crippen molar-refractivity contribution in [2.75, 3.05) is 11.6 Å². The number of hydrogen-bond donors (Lipinski definition) is 2. The standard InChI is InChI=1S/C16H17ClF3N3O3/c1-14(26-9-7-15(4-5-15)16(18,19)20)6-8-23(22-14)11-3-2-10(13(24)25)12(17)21-11/h2-3,6,8,22H,4-5,7,9H2,1H3,(H,24,25). The summed E-state index contributed by atoms with van der Waals surface area (Å²) in [6.45, 7) is 1.62. The van der Waals surface area contributed by atoms with Crippen molar-refractivity contribution in [1.29, 1.82) is 0 Å². The minimum atomic E-state index is -4.20. The third kappa shape index (κ3) is 3.65. The molecule has 1 aliphatic carbocycles. The van der Waals surface area contributed by atoms with E-state index in [4.69, 9.17) is 21.4 Å². The van der Waals surface area contributed by atoms with Crippen molar-refractivity contribution >= 4 is 23.4 Å². The molecule has 6 nitrogen and oxygen atoms in total. The van der Waals surface area contributed by atoms with Crippen LogP contribution in [0, 0.1) is 5.41 Å². The zero-order valence-electron chi connectivity index (χ0n) is 13.8.